The lowest BCUT2D eigenvalue weighted by Gasteiger charge is -2.17. The Bertz CT molecular complexity index is 206. The first kappa shape index (κ1) is 17.6. The first-order valence-corrected chi connectivity index (χ1v) is 7.76. The predicted molar refractivity (Wildman–Crippen MR) is 79.7 cm³/mol. The average molecular weight is 255 g/mol. The Morgan fingerprint density at radius 2 is 1.39 bits per heavy atom. The normalized spacial score (nSPS) is 11.8. The summed E-state index contributed by atoms with van der Waals surface area (Å²) in [5.74, 6) is 0.388. The van der Waals surface area contributed by atoms with E-state index in [1.165, 1.54) is 44.9 Å². The van der Waals surface area contributed by atoms with E-state index in [0.717, 1.165) is 19.3 Å². The Balaban J connectivity index is 3.25. The molecule has 2 N–H and O–H groups in total. The van der Waals surface area contributed by atoms with Crippen molar-refractivity contribution in [1.82, 2.24) is 0 Å². The fourth-order valence-electron chi connectivity index (χ4n) is 2.04. The highest BCUT2D eigenvalue weighted by molar-refractivity contribution is 5.78. The van der Waals surface area contributed by atoms with E-state index in [9.17, 15) is 4.79 Å². The molecule has 0 radical (unpaired) electrons. The van der Waals surface area contributed by atoms with Crippen molar-refractivity contribution in [3.8, 4) is 0 Å². The number of rotatable bonds is 12. The summed E-state index contributed by atoms with van der Waals surface area (Å²) >= 11 is 0. The lowest BCUT2D eigenvalue weighted by molar-refractivity contribution is -0.119. The number of carbonyl (C=O) groups excluding carboxylic acids is 1. The molecule has 2 nitrogen and oxygen atoms in total. The van der Waals surface area contributed by atoms with Gasteiger partial charge in [0.05, 0.1) is 0 Å². The van der Waals surface area contributed by atoms with Crippen LogP contribution in [0.1, 0.15) is 91.4 Å². The van der Waals surface area contributed by atoms with Crippen molar-refractivity contribution >= 4 is 5.78 Å². The summed E-state index contributed by atoms with van der Waals surface area (Å²) in [6, 6.07) is 0. The Morgan fingerprint density at radius 1 is 0.889 bits per heavy atom. The van der Waals surface area contributed by atoms with Gasteiger partial charge in [0.2, 0.25) is 0 Å². The maximum absolute atomic E-state index is 11.6. The molecule has 0 aliphatic rings. The molecule has 0 fully saturated rings. The monoisotopic (exact) mass is 255 g/mol. The van der Waals surface area contributed by atoms with E-state index in [1.807, 2.05) is 13.8 Å². The average Bonchev–Trinajstić information content (AvgIpc) is 2.29. The fraction of sp³-hybridized carbons (Fsp3) is 0.938. The minimum atomic E-state index is -0.199. The molecule has 0 aromatic heterocycles. The Morgan fingerprint density at radius 3 is 1.89 bits per heavy atom. The van der Waals surface area contributed by atoms with E-state index >= 15 is 0 Å². The SMILES string of the molecule is CCCCCCCCCCC(=O)CCC(C)(C)N. The molecule has 0 atom stereocenters. The molecule has 108 valence electrons. The maximum Gasteiger partial charge on any atom is 0.132 e. The first-order chi connectivity index (χ1) is 8.45. The van der Waals surface area contributed by atoms with Crippen molar-refractivity contribution < 1.29 is 4.79 Å². The Kier molecular flexibility index (Phi) is 10.3. The third-order valence-corrected chi connectivity index (χ3v) is 3.36. The minimum absolute atomic E-state index is 0.199. The second kappa shape index (κ2) is 10.5. The maximum atomic E-state index is 11.6. The van der Waals surface area contributed by atoms with Crippen LogP contribution in [0.4, 0.5) is 0 Å². The number of hydrogen-bond donors (Lipinski definition) is 1. The predicted octanol–water partition coefficient (Wildman–Crippen LogP) is 4.60. The topological polar surface area (TPSA) is 43.1 Å². The summed E-state index contributed by atoms with van der Waals surface area (Å²) in [5, 5.41) is 0. The second-order valence-electron chi connectivity index (χ2n) is 6.25. The van der Waals surface area contributed by atoms with Crippen molar-refractivity contribution in [2.45, 2.75) is 96.9 Å². The van der Waals surface area contributed by atoms with E-state index in [4.69, 9.17) is 5.73 Å². The Labute approximate surface area is 114 Å². The molecular weight excluding hydrogens is 222 g/mol. The van der Waals surface area contributed by atoms with Gasteiger partial charge in [-0.25, -0.2) is 0 Å². The number of hydrogen-bond acceptors (Lipinski definition) is 2. The number of nitrogens with two attached hydrogens (primary N) is 1. The van der Waals surface area contributed by atoms with Gasteiger partial charge in [0.15, 0.2) is 0 Å². The molecule has 0 aromatic rings. The third-order valence-electron chi connectivity index (χ3n) is 3.36. The van der Waals surface area contributed by atoms with Crippen LogP contribution >= 0.6 is 0 Å². The van der Waals surface area contributed by atoms with Gasteiger partial charge < -0.3 is 5.73 Å². The van der Waals surface area contributed by atoms with Crippen LogP contribution in [0.25, 0.3) is 0 Å². The highest BCUT2D eigenvalue weighted by Crippen LogP contribution is 2.12. The molecule has 0 aliphatic carbocycles. The van der Waals surface area contributed by atoms with Crippen LogP contribution in [-0.2, 0) is 4.79 Å². The molecule has 0 heterocycles. The van der Waals surface area contributed by atoms with E-state index in [1.54, 1.807) is 0 Å². The molecule has 0 saturated carbocycles. The number of unbranched alkanes of at least 4 members (excludes halogenated alkanes) is 7. The summed E-state index contributed by atoms with van der Waals surface area (Å²) in [6.07, 6.45) is 12.5. The highest BCUT2D eigenvalue weighted by Gasteiger charge is 2.12. The summed E-state index contributed by atoms with van der Waals surface area (Å²) in [4.78, 5) is 11.6. The second-order valence-corrected chi connectivity index (χ2v) is 6.25. The first-order valence-electron chi connectivity index (χ1n) is 7.76. The zero-order chi connectivity index (χ0) is 13.9. The third kappa shape index (κ3) is 13.7. The van der Waals surface area contributed by atoms with E-state index in [0.29, 0.717) is 12.2 Å². The van der Waals surface area contributed by atoms with Crippen LogP contribution in [-0.4, -0.2) is 11.3 Å². The van der Waals surface area contributed by atoms with Gasteiger partial charge >= 0.3 is 0 Å². The Hall–Kier alpha value is -0.370. The molecule has 0 bridgehead atoms. The van der Waals surface area contributed by atoms with Gasteiger partial charge in [-0.3, -0.25) is 4.79 Å². The molecule has 0 amide bonds. The van der Waals surface area contributed by atoms with Crippen molar-refractivity contribution in [3.63, 3.8) is 0 Å². The zero-order valence-corrected chi connectivity index (χ0v) is 12.8. The van der Waals surface area contributed by atoms with Gasteiger partial charge in [-0.2, -0.15) is 0 Å². The molecule has 0 rings (SSSR count). The molecule has 18 heavy (non-hydrogen) atoms. The number of ketones is 1. The van der Waals surface area contributed by atoms with Crippen molar-refractivity contribution in [2.24, 2.45) is 5.73 Å². The molecule has 0 spiro atoms. The molecule has 0 saturated heterocycles. The van der Waals surface area contributed by atoms with Crippen LogP contribution < -0.4 is 5.73 Å². The van der Waals surface area contributed by atoms with E-state index < -0.39 is 0 Å². The van der Waals surface area contributed by atoms with Crippen LogP contribution in [0.5, 0.6) is 0 Å². The summed E-state index contributed by atoms with van der Waals surface area (Å²) in [5.41, 5.74) is 5.67. The van der Waals surface area contributed by atoms with Crippen LogP contribution in [0, 0.1) is 0 Å². The molecule has 0 unspecified atom stereocenters. The smallest absolute Gasteiger partial charge is 0.132 e. The van der Waals surface area contributed by atoms with Gasteiger partial charge in [-0.15, -0.1) is 0 Å². The highest BCUT2D eigenvalue weighted by atomic mass is 16.1. The summed E-state index contributed by atoms with van der Waals surface area (Å²) in [7, 11) is 0. The molecule has 0 aliphatic heterocycles. The molecule has 2 heteroatoms. The van der Waals surface area contributed by atoms with Crippen molar-refractivity contribution in [3.05, 3.63) is 0 Å². The van der Waals surface area contributed by atoms with Crippen LogP contribution in [0.2, 0.25) is 0 Å². The van der Waals surface area contributed by atoms with Crippen molar-refractivity contribution in [2.75, 3.05) is 0 Å². The molecule has 0 aromatic carbocycles. The number of Topliss-reactive ketones (excluding diaryl/α,β-unsaturated/α-hetero) is 1. The molecular formula is C16H33NO. The van der Waals surface area contributed by atoms with Crippen LogP contribution in [0.15, 0.2) is 0 Å². The standard InChI is InChI=1S/C16H33NO/c1-4-5-6-7-8-9-10-11-12-15(18)13-14-16(2,3)17/h4-14,17H2,1-3H3. The van der Waals surface area contributed by atoms with Gasteiger partial charge in [0.1, 0.15) is 5.78 Å². The van der Waals surface area contributed by atoms with Gasteiger partial charge in [-0.1, -0.05) is 51.9 Å². The fourth-order valence-corrected chi connectivity index (χ4v) is 2.04. The summed E-state index contributed by atoms with van der Waals surface area (Å²) in [6.45, 7) is 6.21. The van der Waals surface area contributed by atoms with Crippen LogP contribution in [0.3, 0.4) is 0 Å². The number of carbonyl (C=O) groups is 1. The van der Waals surface area contributed by atoms with Gasteiger partial charge in [0, 0.05) is 18.4 Å². The zero-order valence-electron chi connectivity index (χ0n) is 12.8. The van der Waals surface area contributed by atoms with E-state index in [2.05, 4.69) is 6.92 Å². The largest absolute Gasteiger partial charge is 0.326 e. The summed E-state index contributed by atoms with van der Waals surface area (Å²) < 4.78 is 0. The minimum Gasteiger partial charge on any atom is -0.326 e. The van der Waals surface area contributed by atoms with Gasteiger partial charge in [0.25, 0.3) is 0 Å². The van der Waals surface area contributed by atoms with E-state index in [-0.39, 0.29) is 5.54 Å². The lowest BCUT2D eigenvalue weighted by atomic mass is 9.96. The quantitative estimate of drug-likeness (QED) is 0.518. The van der Waals surface area contributed by atoms with Gasteiger partial charge in [-0.05, 0) is 26.7 Å². The van der Waals surface area contributed by atoms with Crippen molar-refractivity contribution in [1.29, 1.82) is 0 Å². The lowest BCUT2D eigenvalue weighted by Crippen LogP contribution is -2.32.